The van der Waals surface area contributed by atoms with Gasteiger partial charge in [-0.05, 0) is 40.5 Å². The van der Waals surface area contributed by atoms with Crippen molar-refractivity contribution in [3.8, 4) is 6.07 Å². The summed E-state index contributed by atoms with van der Waals surface area (Å²) in [6, 6.07) is 9.00. The summed E-state index contributed by atoms with van der Waals surface area (Å²) in [6.45, 7) is 1.69. The molecule has 2 aromatic rings. The fraction of sp³-hybridized carbons (Fsp3) is 0.231. The smallest absolute Gasteiger partial charge is 0.129 e. The molecular formula is C13H12BrN3O. The Morgan fingerprint density at radius 1 is 1.50 bits per heavy atom. The lowest BCUT2D eigenvalue weighted by Crippen LogP contribution is -2.26. The maximum Gasteiger partial charge on any atom is 0.129 e. The Balaban J connectivity index is 2.58. The van der Waals surface area contributed by atoms with Gasteiger partial charge in [0, 0.05) is 7.05 Å². The van der Waals surface area contributed by atoms with E-state index in [1.807, 2.05) is 0 Å². The van der Waals surface area contributed by atoms with Crippen molar-refractivity contribution in [2.45, 2.75) is 12.5 Å². The summed E-state index contributed by atoms with van der Waals surface area (Å²) in [5.41, 5.74) is 0.617. The lowest BCUT2D eigenvalue weighted by Gasteiger charge is -2.25. The van der Waals surface area contributed by atoms with Crippen LogP contribution in [0.3, 0.4) is 0 Å². The number of rotatable bonds is 2. The fourth-order valence-electron chi connectivity index (χ4n) is 1.99. The zero-order valence-corrected chi connectivity index (χ0v) is 11.6. The molecule has 18 heavy (non-hydrogen) atoms. The van der Waals surface area contributed by atoms with E-state index in [9.17, 15) is 5.11 Å². The van der Waals surface area contributed by atoms with E-state index in [1.54, 1.807) is 49.1 Å². The van der Waals surface area contributed by atoms with Crippen LogP contribution in [0.25, 0.3) is 0 Å². The second kappa shape index (κ2) is 4.56. The number of halogens is 1. The first-order chi connectivity index (χ1) is 8.46. The zero-order chi connectivity index (χ0) is 13.3. The molecule has 1 aromatic heterocycles. The van der Waals surface area contributed by atoms with Gasteiger partial charge >= 0.3 is 0 Å². The molecule has 0 saturated carbocycles. The molecule has 5 heteroatoms. The van der Waals surface area contributed by atoms with Gasteiger partial charge in [-0.3, -0.25) is 4.68 Å². The molecule has 1 N–H and O–H groups in total. The Labute approximate surface area is 114 Å². The van der Waals surface area contributed by atoms with E-state index >= 15 is 0 Å². The maximum absolute atomic E-state index is 10.7. The first-order valence-corrected chi connectivity index (χ1v) is 6.17. The third kappa shape index (κ3) is 2.05. The van der Waals surface area contributed by atoms with Crippen molar-refractivity contribution in [1.82, 2.24) is 9.78 Å². The van der Waals surface area contributed by atoms with Gasteiger partial charge in [-0.25, -0.2) is 0 Å². The number of aromatic nitrogens is 2. The molecule has 0 spiro atoms. The molecule has 0 amide bonds. The Kier molecular flexibility index (Phi) is 3.24. The van der Waals surface area contributed by atoms with Crippen LogP contribution in [0.5, 0.6) is 0 Å². The summed E-state index contributed by atoms with van der Waals surface area (Å²) in [7, 11) is 1.77. The molecule has 1 aromatic carbocycles. The minimum absolute atomic E-state index is 0.520. The van der Waals surface area contributed by atoms with Gasteiger partial charge in [-0.15, -0.1) is 0 Å². The lowest BCUT2D eigenvalue weighted by molar-refractivity contribution is 0.0921. The Morgan fingerprint density at radius 3 is 2.78 bits per heavy atom. The predicted octanol–water partition coefficient (Wildman–Crippen LogP) is 2.31. The molecule has 0 aliphatic heterocycles. The van der Waals surface area contributed by atoms with Crippen LogP contribution in [-0.4, -0.2) is 14.9 Å². The highest BCUT2D eigenvalue weighted by Gasteiger charge is 2.31. The molecule has 1 atom stereocenters. The second-order valence-corrected chi connectivity index (χ2v) is 5.08. The van der Waals surface area contributed by atoms with Crippen LogP contribution >= 0.6 is 15.9 Å². The van der Waals surface area contributed by atoms with Gasteiger partial charge in [0.15, 0.2) is 0 Å². The summed E-state index contributed by atoms with van der Waals surface area (Å²) in [4.78, 5) is 0. The molecule has 1 heterocycles. The number of benzene rings is 1. The van der Waals surface area contributed by atoms with E-state index < -0.39 is 5.60 Å². The summed E-state index contributed by atoms with van der Waals surface area (Å²) < 4.78 is 2.35. The van der Waals surface area contributed by atoms with Crippen LogP contribution in [0.15, 0.2) is 34.9 Å². The first-order valence-electron chi connectivity index (χ1n) is 5.38. The summed E-state index contributed by atoms with van der Waals surface area (Å²) in [5, 5.41) is 23.7. The van der Waals surface area contributed by atoms with Gasteiger partial charge in [0.25, 0.3) is 0 Å². The summed E-state index contributed by atoms with van der Waals surface area (Å²) in [6.07, 6.45) is 1.64. The van der Waals surface area contributed by atoms with Crippen molar-refractivity contribution >= 4 is 15.9 Å². The van der Waals surface area contributed by atoms with E-state index in [0.717, 1.165) is 4.47 Å². The molecule has 92 valence electrons. The minimum atomic E-state index is -1.21. The zero-order valence-electron chi connectivity index (χ0n) is 10.1. The quantitative estimate of drug-likeness (QED) is 0.926. The molecular weight excluding hydrogens is 294 g/mol. The SMILES string of the molecule is Cn1ncc(Br)c1C(C)(O)c1cccc(C#N)c1. The highest BCUT2D eigenvalue weighted by molar-refractivity contribution is 9.10. The minimum Gasteiger partial charge on any atom is -0.379 e. The lowest BCUT2D eigenvalue weighted by atomic mass is 9.91. The van der Waals surface area contributed by atoms with E-state index in [1.165, 1.54) is 0 Å². The van der Waals surface area contributed by atoms with Crippen molar-refractivity contribution in [3.05, 3.63) is 51.8 Å². The number of nitrogens with zero attached hydrogens (tertiary/aromatic N) is 3. The number of nitriles is 1. The molecule has 0 bridgehead atoms. The normalized spacial score (nSPS) is 13.9. The highest BCUT2D eigenvalue weighted by Crippen LogP contribution is 2.33. The predicted molar refractivity (Wildman–Crippen MR) is 70.7 cm³/mol. The van der Waals surface area contributed by atoms with Crippen LogP contribution in [-0.2, 0) is 12.6 Å². The molecule has 0 radical (unpaired) electrons. The van der Waals surface area contributed by atoms with Gasteiger partial charge in [0.05, 0.1) is 28.0 Å². The van der Waals surface area contributed by atoms with Gasteiger partial charge in [-0.2, -0.15) is 10.4 Å². The van der Waals surface area contributed by atoms with Crippen molar-refractivity contribution < 1.29 is 5.11 Å². The number of hydrogen-bond donors (Lipinski definition) is 1. The highest BCUT2D eigenvalue weighted by atomic mass is 79.9. The second-order valence-electron chi connectivity index (χ2n) is 4.23. The maximum atomic E-state index is 10.7. The van der Waals surface area contributed by atoms with Crippen molar-refractivity contribution in [2.24, 2.45) is 7.05 Å². The monoisotopic (exact) mass is 305 g/mol. The van der Waals surface area contributed by atoms with E-state index in [-0.39, 0.29) is 0 Å². The van der Waals surface area contributed by atoms with E-state index in [2.05, 4.69) is 27.1 Å². The Morgan fingerprint density at radius 2 is 2.22 bits per heavy atom. The average Bonchev–Trinajstić information content (AvgIpc) is 2.69. The molecule has 4 nitrogen and oxygen atoms in total. The van der Waals surface area contributed by atoms with Crippen LogP contribution in [0.2, 0.25) is 0 Å². The van der Waals surface area contributed by atoms with Crippen LogP contribution < -0.4 is 0 Å². The van der Waals surface area contributed by atoms with E-state index in [4.69, 9.17) is 5.26 Å². The van der Waals surface area contributed by atoms with Crippen molar-refractivity contribution in [3.63, 3.8) is 0 Å². The molecule has 0 aliphatic rings. The van der Waals surface area contributed by atoms with Crippen LogP contribution in [0, 0.1) is 11.3 Å². The van der Waals surface area contributed by atoms with Gasteiger partial charge in [0.2, 0.25) is 0 Å². The number of aryl methyl sites for hydroxylation is 1. The van der Waals surface area contributed by atoms with E-state index in [0.29, 0.717) is 16.8 Å². The van der Waals surface area contributed by atoms with Gasteiger partial charge in [-0.1, -0.05) is 12.1 Å². The first kappa shape index (κ1) is 12.8. The molecule has 0 saturated heterocycles. The number of hydrogen-bond acceptors (Lipinski definition) is 3. The largest absolute Gasteiger partial charge is 0.379 e. The molecule has 1 unspecified atom stereocenters. The Bertz CT molecular complexity index is 606. The van der Waals surface area contributed by atoms with Crippen molar-refractivity contribution in [2.75, 3.05) is 0 Å². The fourth-order valence-corrected chi connectivity index (χ4v) is 2.72. The molecule has 2 rings (SSSR count). The third-order valence-corrected chi connectivity index (χ3v) is 3.49. The van der Waals surface area contributed by atoms with Crippen molar-refractivity contribution in [1.29, 1.82) is 5.26 Å². The van der Waals surface area contributed by atoms with Gasteiger partial charge < -0.3 is 5.11 Å². The molecule has 0 fully saturated rings. The number of aliphatic hydroxyl groups is 1. The van der Waals surface area contributed by atoms with Gasteiger partial charge in [0.1, 0.15) is 5.60 Å². The van der Waals surface area contributed by atoms with Crippen LogP contribution in [0.4, 0.5) is 0 Å². The summed E-state index contributed by atoms with van der Waals surface area (Å²) >= 11 is 3.38. The average molecular weight is 306 g/mol. The standard InChI is InChI=1S/C13H12BrN3O/c1-13(18,12-11(14)8-16-17(12)2)10-5-3-4-9(6-10)7-15/h3-6,8,18H,1-2H3. The van der Waals surface area contributed by atoms with Crippen LogP contribution in [0.1, 0.15) is 23.7 Å². The summed E-state index contributed by atoms with van der Waals surface area (Å²) in [5.74, 6) is 0. The third-order valence-electron chi connectivity index (χ3n) is 2.91. The topological polar surface area (TPSA) is 61.8 Å². The molecule has 0 aliphatic carbocycles. The Hall–Kier alpha value is -1.64.